The topological polar surface area (TPSA) is 168 Å². The van der Waals surface area contributed by atoms with E-state index < -0.39 is 24.1 Å². The van der Waals surface area contributed by atoms with Crippen molar-refractivity contribution in [1.29, 1.82) is 0 Å². The molecule has 4 aromatic carbocycles. The van der Waals surface area contributed by atoms with Crippen molar-refractivity contribution in [3.63, 3.8) is 0 Å². The van der Waals surface area contributed by atoms with Crippen molar-refractivity contribution in [3.8, 4) is 50.7 Å². The molecule has 3 amide bonds. The molecule has 2 aromatic heterocycles. The number of hydrogen-bond acceptors (Lipinski definition) is 10. The van der Waals surface area contributed by atoms with Crippen molar-refractivity contribution < 1.29 is 34.2 Å². The number of ether oxygens (including phenoxy) is 2. The van der Waals surface area contributed by atoms with Crippen molar-refractivity contribution in [1.82, 2.24) is 25.0 Å². The molecular formula is C46H40N6O7. The first-order chi connectivity index (χ1) is 28.8. The third kappa shape index (κ3) is 7.43. The number of unbranched alkanes of at least 4 members (excludes halogenated alkanes) is 1. The number of carbonyl (C=O) groups excluding carboxylic acids is 3. The first kappa shape index (κ1) is 37.5. The van der Waals surface area contributed by atoms with Gasteiger partial charge in [-0.2, -0.15) is 5.10 Å². The van der Waals surface area contributed by atoms with Crippen LogP contribution in [0.3, 0.4) is 0 Å². The molecule has 1 fully saturated rings. The fourth-order valence-electron chi connectivity index (χ4n) is 8.03. The van der Waals surface area contributed by atoms with Gasteiger partial charge in [0.15, 0.2) is 6.23 Å². The zero-order valence-corrected chi connectivity index (χ0v) is 32.0. The number of aliphatic hydroxyl groups is 1. The number of rotatable bonds is 12. The van der Waals surface area contributed by atoms with Gasteiger partial charge < -0.3 is 19.8 Å². The van der Waals surface area contributed by atoms with E-state index in [0.29, 0.717) is 30.1 Å². The van der Waals surface area contributed by atoms with Gasteiger partial charge in [-0.25, -0.2) is 4.68 Å². The molecule has 296 valence electrons. The molecule has 2 aliphatic heterocycles. The number of piperidine rings is 1. The van der Waals surface area contributed by atoms with Crippen molar-refractivity contribution in [2.45, 2.75) is 50.8 Å². The maximum absolute atomic E-state index is 13.4. The number of pyridine rings is 1. The summed E-state index contributed by atoms with van der Waals surface area (Å²) in [5, 5.41) is 31.1. The number of hydrogen-bond donors (Lipinski definition) is 3. The molecule has 4 heterocycles. The standard InChI is InChI=1S/C46H40N6O7/c53-42-17-16-41(44(54)48-42)52-45(55)37-14-6-30(26-38(37)46(52)56)29-4-3-5-35(25-29)59-23-2-1-22-58-34-11-9-33(10-12-34)51-27-39(43(49-51)28-18-20-47-21-19-28)32-7-13-36-31(24-32)8-15-40(36)50-57/h3-7,9-14,18-21,24-27,41,45,55,57H,1-2,8,15-17,22-23H2,(H,48,53,54)/b50-40+. The summed E-state index contributed by atoms with van der Waals surface area (Å²) in [6.45, 7) is 1.01. The van der Waals surface area contributed by atoms with Gasteiger partial charge in [0.25, 0.3) is 5.91 Å². The molecule has 1 saturated heterocycles. The average molecular weight is 789 g/mol. The van der Waals surface area contributed by atoms with Crippen LogP contribution in [0.15, 0.2) is 121 Å². The Morgan fingerprint density at radius 2 is 1.51 bits per heavy atom. The van der Waals surface area contributed by atoms with Crippen LogP contribution in [0.4, 0.5) is 0 Å². The van der Waals surface area contributed by atoms with E-state index in [1.807, 2.05) is 83.7 Å². The van der Waals surface area contributed by atoms with Gasteiger partial charge in [-0.1, -0.05) is 47.6 Å². The van der Waals surface area contributed by atoms with Crippen LogP contribution in [0.2, 0.25) is 0 Å². The number of amides is 3. The first-order valence-electron chi connectivity index (χ1n) is 19.6. The summed E-state index contributed by atoms with van der Waals surface area (Å²) in [7, 11) is 0. The minimum absolute atomic E-state index is 0.107. The minimum Gasteiger partial charge on any atom is -0.494 e. The number of carbonyl (C=O) groups is 3. The van der Waals surface area contributed by atoms with E-state index in [0.717, 1.165) is 92.4 Å². The van der Waals surface area contributed by atoms with Gasteiger partial charge >= 0.3 is 0 Å². The highest BCUT2D eigenvalue weighted by molar-refractivity contribution is 6.06. The molecule has 0 bridgehead atoms. The molecule has 3 aliphatic rings. The van der Waals surface area contributed by atoms with Crippen molar-refractivity contribution in [2.75, 3.05) is 13.2 Å². The molecule has 2 unspecified atom stereocenters. The Kier molecular flexibility index (Phi) is 10.2. The van der Waals surface area contributed by atoms with Crippen molar-refractivity contribution in [2.24, 2.45) is 5.16 Å². The number of nitrogens with one attached hydrogen (secondary N) is 1. The summed E-state index contributed by atoms with van der Waals surface area (Å²) >= 11 is 0. The lowest BCUT2D eigenvalue weighted by Gasteiger charge is -2.31. The minimum atomic E-state index is -1.27. The van der Waals surface area contributed by atoms with Crippen molar-refractivity contribution in [3.05, 3.63) is 138 Å². The summed E-state index contributed by atoms with van der Waals surface area (Å²) in [5.74, 6) is 0.0351. The van der Waals surface area contributed by atoms with Crippen LogP contribution in [-0.2, 0) is 16.0 Å². The Labute approximate surface area is 339 Å². The summed E-state index contributed by atoms with van der Waals surface area (Å²) in [6, 6.07) is 29.9. The second-order valence-electron chi connectivity index (χ2n) is 14.8. The number of imide groups is 1. The van der Waals surface area contributed by atoms with Gasteiger partial charge in [0.05, 0.1) is 24.6 Å². The molecule has 13 heteroatoms. The van der Waals surface area contributed by atoms with Crippen LogP contribution >= 0.6 is 0 Å². The highest BCUT2D eigenvalue weighted by atomic mass is 16.5. The number of nitrogens with zero attached hydrogens (tertiary/aromatic N) is 5. The number of aromatic nitrogens is 3. The molecule has 0 spiro atoms. The SMILES string of the molecule is O=C1CCC(N2C(=O)c3cc(-c4cccc(OCCCCOc5ccc(-n6cc(-c7ccc8c(c7)CC/C8=N\O)c(-c7ccncc7)n6)cc5)c4)ccc3C2O)C(=O)N1. The lowest BCUT2D eigenvalue weighted by Crippen LogP contribution is -2.53. The first-order valence-corrected chi connectivity index (χ1v) is 19.6. The maximum Gasteiger partial charge on any atom is 0.257 e. The van der Waals surface area contributed by atoms with E-state index in [9.17, 15) is 24.7 Å². The van der Waals surface area contributed by atoms with E-state index in [1.54, 1.807) is 24.5 Å². The van der Waals surface area contributed by atoms with E-state index in [1.165, 1.54) is 0 Å². The normalized spacial score (nSPS) is 17.9. The summed E-state index contributed by atoms with van der Waals surface area (Å²) in [4.78, 5) is 42.8. The lowest BCUT2D eigenvalue weighted by atomic mass is 9.98. The third-order valence-corrected chi connectivity index (χ3v) is 11.1. The van der Waals surface area contributed by atoms with Gasteiger partial charge in [0.2, 0.25) is 11.8 Å². The smallest absolute Gasteiger partial charge is 0.257 e. The van der Waals surface area contributed by atoms with Crippen LogP contribution in [0.25, 0.3) is 39.2 Å². The van der Waals surface area contributed by atoms with Crippen molar-refractivity contribution >= 4 is 23.4 Å². The second kappa shape index (κ2) is 16.0. The highest BCUT2D eigenvalue weighted by Gasteiger charge is 2.44. The predicted octanol–water partition coefficient (Wildman–Crippen LogP) is 6.88. The average Bonchev–Trinajstić information content (AvgIpc) is 3.97. The summed E-state index contributed by atoms with van der Waals surface area (Å²) in [6.07, 6.45) is 7.67. The molecule has 9 rings (SSSR count). The van der Waals surface area contributed by atoms with Gasteiger partial charge in [-0.15, -0.1) is 0 Å². The second-order valence-corrected chi connectivity index (χ2v) is 14.8. The van der Waals surface area contributed by atoms with Gasteiger partial charge in [0.1, 0.15) is 23.2 Å². The van der Waals surface area contributed by atoms with Crippen LogP contribution in [0.1, 0.15) is 65.4 Å². The molecule has 1 aliphatic carbocycles. The van der Waals surface area contributed by atoms with Gasteiger partial charge in [0, 0.05) is 52.8 Å². The number of benzene rings is 4. The molecule has 13 nitrogen and oxygen atoms in total. The Morgan fingerprint density at radius 1 is 0.746 bits per heavy atom. The van der Waals surface area contributed by atoms with Crippen LogP contribution in [-0.4, -0.2) is 72.7 Å². The predicted molar refractivity (Wildman–Crippen MR) is 218 cm³/mol. The number of aliphatic hydroxyl groups excluding tert-OH is 1. The Balaban J connectivity index is 0.790. The maximum atomic E-state index is 13.4. The van der Waals surface area contributed by atoms with Crippen LogP contribution < -0.4 is 14.8 Å². The zero-order chi connectivity index (χ0) is 40.5. The Bertz CT molecular complexity index is 2610. The molecule has 6 aromatic rings. The molecular weight excluding hydrogens is 749 g/mol. The quantitative estimate of drug-likeness (QED) is 0.0518. The fourth-order valence-corrected chi connectivity index (χ4v) is 8.03. The number of aryl methyl sites for hydroxylation is 1. The Hall–Kier alpha value is -7.12. The Morgan fingerprint density at radius 3 is 2.29 bits per heavy atom. The van der Waals surface area contributed by atoms with Gasteiger partial charge in [-0.3, -0.25) is 29.6 Å². The van der Waals surface area contributed by atoms with E-state index in [4.69, 9.17) is 14.6 Å². The number of oxime groups is 1. The van der Waals surface area contributed by atoms with Crippen LogP contribution in [0, 0.1) is 0 Å². The lowest BCUT2D eigenvalue weighted by molar-refractivity contribution is -0.139. The zero-order valence-electron chi connectivity index (χ0n) is 32.0. The summed E-state index contributed by atoms with van der Waals surface area (Å²) in [5.41, 5.74) is 9.96. The van der Waals surface area contributed by atoms with E-state index in [-0.39, 0.29) is 18.7 Å². The largest absolute Gasteiger partial charge is 0.494 e. The highest BCUT2D eigenvalue weighted by Crippen LogP contribution is 2.38. The molecule has 59 heavy (non-hydrogen) atoms. The molecule has 2 atom stereocenters. The van der Waals surface area contributed by atoms with Crippen LogP contribution in [0.5, 0.6) is 11.5 Å². The van der Waals surface area contributed by atoms with E-state index in [2.05, 4.69) is 27.6 Å². The summed E-state index contributed by atoms with van der Waals surface area (Å²) < 4.78 is 14.0. The molecule has 0 saturated carbocycles. The third-order valence-electron chi connectivity index (χ3n) is 11.1. The molecule has 3 N–H and O–H groups in total. The fraction of sp³-hybridized carbons (Fsp3) is 0.217. The molecule has 0 radical (unpaired) electrons. The van der Waals surface area contributed by atoms with E-state index >= 15 is 0 Å². The monoisotopic (exact) mass is 788 g/mol. The van der Waals surface area contributed by atoms with Gasteiger partial charge in [-0.05, 0) is 109 Å². The number of fused-ring (bicyclic) bond motifs is 2.